The van der Waals surface area contributed by atoms with Gasteiger partial charge in [-0.2, -0.15) is 4.98 Å². The maximum absolute atomic E-state index is 14.4. The van der Waals surface area contributed by atoms with Gasteiger partial charge in [0.15, 0.2) is 0 Å². The second-order valence-electron chi connectivity index (χ2n) is 9.18. The van der Waals surface area contributed by atoms with E-state index in [2.05, 4.69) is 27.4 Å². The molecule has 0 aromatic carbocycles. The molecular weight excluding hydrogens is 465 g/mol. The van der Waals surface area contributed by atoms with Crippen LogP contribution < -0.4 is 10.1 Å². The molecule has 1 aliphatic rings. The number of nitrogens with one attached hydrogen (secondary N) is 1. The number of pyridine rings is 1. The highest BCUT2D eigenvalue weighted by molar-refractivity contribution is 5.76. The number of methoxy groups -OCH3 is 2. The summed E-state index contributed by atoms with van der Waals surface area (Å²) in [4.78, 5) is 26.7. The normalized spacial score (nSPS) is 14.8. The number of rotatable bonds is 16. The van der Waals surface area contributed by atoms with Crippen LogP contribution in [0.4, 0.5) is 10.2 Å². The van der Waals surface area contributed by atoms with E-state index < -0.39 is 18.2 Å². The van der Waals surface area contributed by atoms with Gasteiger partial charge in [0.1, 0.15) is 18.0 Å². The number of fused-ring (bicyclic) bond motifs is 1. The van der Waals surface area contributed by atoms with Crippen molar-refractivity contribution < 1.29 is 23.8 Å². The van der Waals surface area contributed by atoms with E-state index in [4.69, 9.17) is 14.5 Å². The minimum atomic E-state index is -1.14. The molecule has 9 nitrogen and oxygen atoms in total. The summed E-state index contributed by atoms with van der Waals surface area (Å²) < 4.78 is 24.3. The van der Waals surface area contributed by atoms with Gasteiger partial charge in [-0.3, -0.25) is 4.98 Å². The molecule has 0 saturated heterocycles. The number of unbranched alkanes of at least 4 members (excludes halogenated alkanes) is 1. The first-order chi connectivity index (χ1) is 17.5. The molecule has 0 aliphatic heterocycles. The number of carboxylic acids is 1. The van der Waals surface area contributed by atoms with Gasteiger partial charge in [-0.15, -0.1) is 0 Å². The molecular formula is C26H38FN5O4. The largest absolute Gasteiger partial charge is 0.480 e. The fourth-order valence-corrected chi connectivity index (χ4v) is 4.48. The molecule has 0 unspecified atom stereocenters. The van der Waals surface area contributed by atoms with Crippen LogP contribution in [0.15, 0.2) is 24.4 Å². The lowest BCUT2D eigenvalue weighted by Crippen LogP contribution is -2.38. The number of halogens is 1. The summed E-state index contributed by atoms with van der Waals surface area (Å²) in [5, 5.41) is 12.6. The molecule has 0 saturated carbocycles. The van der Waals surface area contributed by atoms with Gasteiger partial charge in [0.2, 0.25) is 0 Å². The number of aromatic nitrogens is 3. The van der Waals surface area contributed by atoms with Crippen molar-refractivity contribution in [1.29, 1.82) is 0 Å². The number of anilines is 1. The van der Waals surface area contributed by atoms with Crippen LogP contribution in [0.1, 0.15) is 49.1 Å². The van der Waals surface area contributed by atoms with Gasteiger partial charge in [0.25, 0.3) is 0 Å². The van der Waals surface area contributed by atoms with Crippen molar-refractivity contribution in [2.75, 3.05) is 45.8 Å². The van der Waals surface area contributed by atoms with Gasteiger partial charge in [-0.05, 0) is 75.6 Å². The lowest BCUT2D eigenvalue weighted by molar-refractivity contribution is -0.138. The fourth-order valence-electron chi connectivity index (χ4n) is 4.48. The van der Waals surface area contributed by atoms with E-state index in [1.807, 2.05) is 4.90 Å². The van der Waals surface area contributed by atoms with E-state index in [9.17, 15) is 14.3 Å². The Kier molecular flexibility index (Phi) is 11.3. The minimum Gasteiger partial charge on any atom is -0.480 e. The molecule has 2 aromatic heterocycles. The molecule has 3 rings (SSSR count). The van der Waals surface area contributed by atoms with Crippen molar-refractivity contribution in [1.82, 2.24) is 19.9 Å². The third-order valence-electron chi connectivity index (χ3n) is 6.37. The molecule has 2 N–H and O–H groups in total. The molecule has 1 aliphatic carbocycles. The third-order valence-corrected chi connectivity index (χ3v) is 6.37. The Bertz CT molecular complexity index is 964. The number of hydrogen-bond donors (Lipinski definition) is 2. The molecule has 198 valence electrons. The molecule has 2 aromatic rings. The topological polar surface area (TPSA) is 110 Å². The number of nitrogens with zero attached hydrogens (tertiary/aromatic N) is 4. The molecule has 0 bridgehead atoms. The zero-order chi connectivity index (χ0) is 25.8. The number of hydrogen-bond acceptors (Lipinski definition) is 8. The molecule has 2 heterocycles. The number of aliphatic carboxylic acids is 1. The summed E-state index contributed by atoms with van der Waals surface area (Å²) in [6.45, 7) is 1.30. The minimum absolute atomic E-state index is 0.0108. The summed E-state index contributed by atoms with van der Waals surface area (Å²) in [5.41, 5.74) is 3.74. The van der Waals surface area contributed by atoms with E-state index in [1.54, 1.807) is 6.07 Å². The zero-order valence-electron chi connectivity index (χ0n) is 21.3. The molecule has 0 radical (unpaired) electrons. The fraction of sp³-hybridized carbons (Fsp3) is 0.615. The second-order valence-corrected chi connectivity index (χ2v) is 9.18. The molecule has 36 heavy (non-hydrogen) atoms. The van der Waals surface area contributed by atoms with Gasteiger partial charge in [-0.25, -0.2) is 14.2 Å². The maximum atomic E-state index is 14.4. The van der Waals surface area contributed by atoms with Gasteiger partial charge in [0.05, 0.1) is 13.7 Å². The summed E-state index contributed by atoms with van der Waals surface area (Å²) in [7, 11) is 2.92. The predicted octanol–water partition coefficient (Wildman–Crippen LogP) is 3.32. The van der Waals surface area contributed by atoms with Crippen LogP contribution in [0.25, 0.3) is 0 Å². The van der Waals surface area contributed by atoms with Crippen molar-refractivity contribution in [3.8, 4) is 6.01 Å². The van der Waals surface area contributed by atoms with Crippen LogP contribution in [-0.2, 0) is 28.8 Å². The molecule has 0 fully saturated rings. The third kappa shape index (κ3) is 8.98. The smallest absolute Gasteiger partial charge is 0.326 e. The van der Waals surface area contributed by atoms with Gasteiger partial charge in [0, 0.05) is 37.8 Å². The number of aryl methyl sites for hydroxylation is 3. The highest BCUT2D eigenvalue weighted by atomic mass is 19.1. The van der Waals surface area contributed by atoms with Crippen LogP contribution in [0.3, 0.4) is 0 Å². The lowest BCUT2D eigenvalue weighted by Gasteiger charge is -2.26. The molecule has 0 spiro atoms. The Morgan fingerprint density at radius 3 is 2.78 bits per heavy atom. The van der Waals surface area contributed by atoms with E-state index in [-0.39, 0.29) is 25.6 Å². The van der Waals surface area contributed by atoms with E-state index in [1.165, 1.54) is 44.5 Å². The van der Waals surface area contributed by atoms with Crippen molar-refractivity contribution in [3.63, 3.8) is 0 Å². The average molecular weight is 504 g/mol. The Hall–Kier alpha value is -2.85. The number of carbonyl (C=O) groups is 1. The van der Waals surface area contributed by atoms with Crippen molar-refractivity contribution in [2.45, 2.75) is 63.6 Å². The summed E-state index contributed by atoms with van der Waals surface area (Å²) in [5.74, 6) is -0.638. The second kappa shape index (κ2) is 14.6. The highest BCUT2D eigenvalue weighted by Crippen LogP contribution is 2.20. The van der Waals surface area contributed by atoms with Gasteiger partial charge in [-0.1, -0.05) is 6.07 Å². The van der Waals surface area contributed by atoms with E-state index >= 15 is 0 Å². The molecule has 2 atom stereocenters. The van der Waals surface area contributed by atoms with Gasteiger partial charge >= 0.3 is 12.0 Å². The summed E-state index contributed by atoms with van der Waals surface area (Å²) in [6.07, 6.45) is 7.97. The molecule has 10 heteroatoms. The van der Waals surface area contributed by atoms with Crippen molar-refractivity contribution in [3.05, 3.63) is 41.3 Å². The van der Waals surface area contributed by atoms with Crippen LogP contribution >= 0.6 is 0 Å². The highest BCUT2D eigenvalue weighted by Gasteiger charge is 2.21. The summed E-state index contributed by atoms with van der Waals surface area (Å²) >= 11 is 0. The quantitative estimate of drug-likeness (QED) is 0.333. The lowest BCUT2D eigenvalue weighted by atomic mass is 9.95. The van der Waals surface area contributed by atoms with Crippen molar-refractivity contribution >= 4 is 11.8 Å². The first-order valence-electron chi connectivity index (χ1n) is 12.7. The van der Waals surface area contributed by atoms with Crippen LogP contribution in [0.5, 0.6) is 6.01 Å². The number of alkyl halides is 1. The Labute approximate surface area is 212 Å². The molecule has 0 amide bonds. The Morgan fingerprint density at radius 1 is 1.17 bits per heavy atom. The first kappa shape index (κ1) is 27.7. The zero-order valence-corrected chi connectivity index (χ0v) is 21.3. The Balaban J connectivity index is 1.52. The predicted molar refractivity (Wildman–Crippen MR) is 135 cm³/mol. The van der Waals surface area contributed by atoms with Gasteiger partial charge < -0.3 is 24.8 Å². The summed E-state index contributed by atoms with van der Waals surface area (Å²) in [6, 6.07) is 5.20. The van der Waals surface area contributed by atoms with Crippen LogP contribution in [0, 0.1) is 0 Å². The Morgan fingerprint density at radius 2 is 2.00 bits per heavy atom. The van der Waals surface area contributed by atoms with Crippen LogP contribution in [-0.4, -0.2) is 83.6 Å². The number of ether oxygens (including phenoxy) is 2. The SMILES string of the molecule is COC[C@@H](F)CN(CCCCc1ccc2c(n1)CCCC2)CC[C@H](Nc1ccnc(OC)n1)C(=O)O. The monoisotopic (exact) mass is 503 g/mol. The maximum Gasteiger partial charge on any atom is 0.326 e. The standard InChI is InChI=1S/C26H38FN5O4/c1-35-18-20(27)17-32(15-6-5-8-21-11-10-19-7-3-4-9-22(19)29-21)16-13-23(25(33)34)30-24-12-14-28-26(31-24)36-2/h10-12,14,20,23H,3-9,13,15-18H2,1-2H3,(H,33,34)(H,28,30,31)/t20-,23-/m0/s1. The number of carboxylic acid groups (broad SMARTS) is 1. The van der Waals surface area contributed by atoms with Crippen molar-refractivity contribution in [2.24, 2.45) is 0 Å². The average Bonchev–Trinajstić information content (AvgIpc) is 2.88. The van der Waals surface area contributed by atoms with Crippen LogP contribution in [0.2, 0.25) is 0 Å². The van der Waals surface area contributed by atoms with E-state index in [0.29, 0.717) is 18.9 Å². The first-order valence-corrected chi connectivity index (χ1v) is 12.7. The van der Waals surface area contributed by atoms with E-state index in [0.717, 1.165) is 37.8 Å².